The lowest BCUT2D eigenvalue weighted by molar-refractivity contribution is -0.923. The predicted octanol–water partition coefficient (Wildman–Crippen LogP) is 4.00. The summed E-state index contributed by atoms with van der Waals surface area (Å²) in [5, 5.41) is 0. The van der Waals surface area contributed by atoms with E-state index in [9.17, 15) is 0 Å². The van der Waals surface area contributed by atoms with Crippen LogP contribution in [0.2, 0.25) is 0 Å². The number of hydrogen-bond donors (Lipinski definition) is 1. The summed E-state index contributed by atoms with van der Waals surface area (Å²) in [4.78, 5) is 0. The van der Waals surface area contributed by atoms with Crippen LogP contribution in [0, 0.1) is 0 Å². The molecule has 15 heavy (non-hydrogen) atoms. The van der Waals surface area contributed by atoms with E-state index in [2.05, 4.69) is 27.7 Å². The fourth-order valence-electron chi connectivity index (χ4n) is 2.20. The monoisotopic (exact) mass is 217 g/mol. The van der Waals surface area contributed by atoms with Crippen molar-refractivity contribution in [2.24, 2.45) is 0 Å². The number of nitrogens with zero attached hydrogens (tertiary/aromatic N) is 1. The van der Waals surface area contributed by atoms with Crippen molar-refractivity contribution in [3.63, 3.8) is 0 Å². The van der Waals surface area contributed by atoms with Gasteiger partial charge in [-0.2, -0.15) is 0 Å². The molecule has 94 valence electrons. The van der Waals surface area contributed by atoms with E-state index in [1.807, 2.05) is 0 Å². The molecule has 3 N–H and O–H groups in total. The zero-order chi connectivity index (χ0) is 10.9. The van der Waals surface area contributed by atoms with Crippen LogP contribution < -0.4 is 6.15 Å². The molecule has 0 fully saturated rings. The number of unbranched alkanes of at least 4 members (excludes halogenated alkanes) is 4. The van der Waals surface area contributed by atoms with Crippen LogP contribution in [0.3, 0.4) is 0 Å². The Labute approximate surface area is 97.2 Å². The van der Waals surface area contributed by atoms with Gasteiger partial charge in [0.15, 0.2) is 0 Å². The predicted molar refractivity (Wildman–Crippen MR) is 70.5 cm³/mol. The van der Waals surface area contributed by atoms with E-state index in [-0.39, 0.29) is 6.15 Å². The Balaban J connectivity index is 0. The highest BCUT2D eigenvalue weighted by molar-refractivity contribution is 4.44. The maximum atomic E-state index is 2.33. The SMILES string of the molecule is CCCCCCC[N+](CC)(CC)CC.N. The molecule has 0 spiro atoms. The van der Waals surface area contributed by atoms with Gasteiger partial charge in [0.05, 0.1) is 26.2 Å². The minimum absolute atomic E-state index is 0. The van der Waals surface area contributed by atoms with Crippen LogP contribution in [0.5, 0.6) is 0 Å². The molecular formula is C13H33N2+. The van der Waals surface area contributed by atoms with Gasteiger partial charge in [-0.1, -0.05) is 26.2 Å². The Morgan fingerprint density at radius 1 is 0.667 bits per heavy atom. The lowest BCUT2D eigenvalue weighted by Crippen LogP contribution is -2.48. The zero-order valence-corrected chi connectivity index (χ0v) is 11.5. The highest BCUT2D eigenvalue weighted by Gasteiger charge is 2.19. The summed E-state index contributed by atoms with van der Waals surface area (Å²) < 4.78 is 1.33. The van der Waals surface area contributed by atoms with Crippen molar-refractivity contribution in [1.82, 2.24) is 6.15 Å². The summed E-state index contributed by atoms with van der Waals surface area (Å²) in [5.41, 5.74) is 0. The first-order valence-electron chi connectivity index (χ1n) is 6.59. The molecule has 0 aromatic heterocycles. The summed E-state index contributed by atoms with van der Waals surface area (Å²) in [5.74, 6) is 0. The molecule has 0 heterocycles. The van der Waals surface area contributed by atoms with Gasteiger partial charge in [0.2, 0.25) is 0 Å². The van der Waals surface area contributed by atoms with Gasteiger partial charge in [-0.25, -0.2) is 0 Å². The Morgan fingerprint density at radius 3 is 1.53 bits per heavy atom. The molecular weight excluding hydrogens is 184 g/mol. The summed E-state index contributed by atoms with van der Waals surface area (Å²) in [6.07, 6.45) is 7.08. The van der Waals surface area contributed by atoms with Crippen LogP contribution in [0.15, 0.2) is 0 Å². The third-order valence-corrected chi connectivity index (χ3v) is 3.75. The fourth-order valence-corrected chi connectivity index (χ4v) is 2.20. The molecule has 0 saturated heterocycles. The molecule has 2 heteroatoms. The maximum absolute atomic E-state index is 2.33. The minimum atomic E-state index is 0. The number of hydrogen-bond acceptors (Lipinski definition) is 1. The Bertz CT molecular complexity index is 111. The Kier molecular flexibility index (Phi) is 12.1. The van der Waals surface area contributed by atoms with Crippen molar-refractivity contribution < 1.29 is 4.48 Å². The zero-order valence-electron chi connectivity index (χ0n) is 11.5. The van der Waals surface area contributed by atoms with E-state index < -0.39 is 0 Å². The largest absolute Gasteiger partial charge is 0.344 e. The van der Waals surface area contributed by atoms with Gasteiger partial charge >= 0.3 is 0 Å². The molecule has 0 aromatic rings. The first-order valence-corrected chi connectivity index (χ1v) is 6.59. The first kappa shape index (κ1) is 17.3. The van der Waals surface area contributed by atoms with Crippen molar-refractivity contribution in [3.8, 4) is 0 Å². The van der Waals surface area contributed by atoms with Crippen LogP contribution in [-0.4, -0.2) is 30.7 Å². The van der Waals surface area contributed by atoms with Crippen molar-refractivity contribution in [3.05, 3.63) is 0 Å². The van der Waals surface area contributed by atoms with Gasteiger partial charge in [-0.3, -0.25) is 0 Å². The van der Waals surface area contributed by atoms with Crippen molar-refractivity contribution in [1.29, 1.82) is 0 Å². The quantitative estimate of drug-likeness (QED) is 0.460. The molecule has 0 bridgehead atoms. The molecule has 0 aromatic carbocycles. The van der Waals surface area contributed by atoms with Crippen molar-refractivity contribution in [2.75, 3.05) is 26.2 Å². The average molecular weight is 217 g/mol. The molecule has 2 nitrogen and oxygen atoms in total. The van der Waals surface area contributed by atoms with E-state index in [0.717, 1.165) is 0 Å². The van der Waals surface area contributed by atoms with Gasteiger partial charge < -0.3 is 10.6 Å². The molecule has 0 rings (SSSR count). The smallest absolute Gasteiger partial charge is 0.0786 e. The molecule has 0 aliphatic carbocycles. The van der Waals surface area contributed by atoms with Crippen LogP contribution in [0.1, 0.15) is 59.8 Å². The minimum Gasteiger partial charge on any atom is -0.344 e. The van der Waals surface area contributed by atoms with E-state index in [1.165, 1.54) is 62.8 Å². The van der Waals surface area contributed by atoms with Gasteiger partial charge in [0.1, 0.15) is 0 Å². The first-order chi connectivity index (χ1) is 6.74. The van der Waals surface area contributed by atoms with Gasteiger partial charge in [-0.15, -0.1) is 0 Å². The van der Waals surface area contributed by atoms with E-state index in [4.69, 9.17) is 0 Å². The second-order valence-corrected chi connectivity index (χ2v) is 4.43. The molecule has 0 amide bonds. The summed E-state index contributed by atoms with van der Waals surface area (Å²) in [6, 6.07) is 0. The molecule has 0 radical (unpaired) electrons. The second kappa shape index (κ2) is 10.4. The maximum Gasteiger partial charge on any atom is 0.0786 e. The average Bonchev–Trinajstić information content (AvgIpc) is 2.24. The number of rotatable bonds is 9. The van der Waals surface area contributed by atoms with Crippen molar-refractivity contribution >= 4 is 0 Å². The highest BCUT2D eigenvalue weighted by atomic mass is 15.3. The summed E-state index contributed by atoms with van der Waals surface area (Å²) in [7, 11) is 0. The lowest BCUT2D eigenvalue weighted by Gasteiger charge is -2.35. The van der Waals surface area contributed by atoms with Crippen molar-refractivity contribution in [2.45, 2.75) is 59.8 Å². The van der Waals surface area contributed by atoms with Gasteiger partial charge in [0, 0.05) is 0 Å². The summed E-state index contributed by atoms with van der Waals surface area (Å²) in [6.45, 7) is 14.6. The van der Waals surface area contributed by atoms with Gasteiger partial charge in [-0.05, 0) is 33.6 Å². The van der Waals surface area contributed by atoms with Gasteiger partial charge in [0.25, 0.3) is 0 Å². The normalized spacial score (nSPS) is 11.2. The van der Waals surface area contributed by atoms with Crippen LogP contribution in [-0.2, 0) is 0 Å². The third kappa shape index (κ3) is 6.91. The van der Waals surface area contributed by atoms with E-state index in [1.54, 1.807) is 0 Å². The van der Waals surface area contributed by atoms with E-state index in [0.29, 0.717) is 0 Å². The van der Waals surface area contributed by atoms with E-state index >= 15 is 0 Å². The van der Waals surface area contributed by atoms with Crippen LogP contribution in [0.25, 0.3) is 0 Å². The highest BCUT2D eigenvalue weighted by Crippen LogP contribution is 2.10. The molecule has 0 aliphatic heterocycles. The lowest BCUT2D eigenvalue weighted by atomic mass is 10.1. The topological polar surface area (TPSA) is 35.0 Å². The second-order valence-electron chi connectivity index (χ2n) is 4.43. The molecule has 0 aliphatic rings. The molecule has 0 atom stereocenters. The molecule has 0 unspecified atom stereocenters. The van der Waals surface area contributed by atoms with Crippen LogP contribution in [0.4, 0.5) is 0 Å². The Hall–Kier alpha value is -0.0800. The fraction of sp³-hybridized carbons (Fsp3) is 1.00. The summed E-state index contributed by atoms with van der Waals surface area (Å²) >= 11 is 0. The third-order valence-electron chi connectivity index (χ3n) is 3.75. The Morgan fingerprint density at radius 2 is 1.13 bits per heavy atom. The molecule has 0 saturated carbocycles. The standard InChI is InChI=1S/C13H30N.H3N/c1-5-9-10-11-12-13-14(6-2,7-3)8-4;/h5-13H2,1-4H3;1H3/q+1;. The number of quaternary nitrogens is 1. The van der Waals surface area contributed by atoms with Crippen LogP contribution >= 0.6 is 0 Å².